The lowest BCUT2D eigenvalue weighted by atomic mass is 10.2. The lowest BCUT2D eigenvalue weighted by Crippen LogP contribution is -2.22. The molecule has 84 valence electrons. The van der Waals surface area contributed by atoms with Crippen molar-refractivity contribution in [3.05, 3.63) is 11.9 Å². The monoisotopic (exact) mass is 232 g/mol. The summed E-state index contributed by atoms with van der Waals surface area (Å²) in [6, 6.07) is -0.539. The SMILES string of the molecule is NCc1cn(C2CS(=O)(=O)CC2O)nn1. The van der Waals surface area contributed by atoms with E-state index in [0.717, 1.165) is 0 Å². The van der Waals surface area contributed by atoms with Gasteiger partial charge in [-0.05, 0) is 0 Å². The van der Waals surface area contributed by atoms with E-state index in [4.69, 9.17) is 5.73 Å². The number of hydrogen-bond donors (Lipinski definition) is 2. The highest BCUT2D eigenvalue weighted by Crippen LogP contribution is 2.23. The summed E-state index contributed by atoms with van der Waals surface area (Å²) in [6.45, 7) is 0.246. The van der Waals surface area contributed by atoms with Crippen LogP contribution >= 0.6 is 0 Å². The van der Waals surface area contributed by atoms with E-state index >= 15 is 0 Å². The molecule has 0 saturated carbocycles. The van der Waals surface area contributed by atoms with Gasteiger partial charge in [0.05, 0.1) is 35.5 Å². The van der Waals surface area contributed by atoms with Crippen LogP contribution in [0.5, 0.6) is 0 Å². The molecule has 1 aliphatic rings. The Bertz CT molecular complexity index is 455. The standard InChI is InChI=1S/C7H12N4O3S/c8-1-5-2-11(10-9-5)6-3-15(13,14)4-7(6)12/h2,6-7,12H,1,3-4,8H2. The largest absolute Gasteiger partial charge is 0.390 e. The Labute approximate surface area is 86.8 Å². The quantitative estimate of drug-likeness (QED) is 0.614. The maximum Gasteiger partial charge on any atom is 0.155 e. The summed E-state index contributed by atoms with van der Waals surface area (Å²) >= 11 is 0. The van der Waals surface area contributed by atoms with Gasteiger partial charge in [-0.3, -0.25) is 0 Å². The highest BCUT2D eigenvalue weighted by molar-refractivity contribution is 7.91. The first-order chi connectivity index (χ1) is 7.02. The third kappa shape index (κ3) is 2.01. The summed E-state index contributed by atoms with van der Waals surface area (Å²) < 4.78 is 23.9. The van der Waals surface area contributed by atoms with Crippen molar-refractivity contribution in [2.45, 2.75) is 18.7 Å². The van der Waals surface area contributed by atoms with Crippen LogP contribution in [0.1, 0.15) is 11.7 Å². The van der Waals surface area contributed by atoms with E-state index in [2.05, 4.69) is 10.3 Å². The number of aromatic nitrogens is 3. The lowest BCUT2D eigenvalue weighted by molar-refractivity contribution is 0.145. The maximum absolute atomic E-state index is 11.3. The van der Waals surface area contributed by atoms with Crippen molar-refractivity contribution >= 4 is 9.84 Å². The Hall–Kier alpha value is -0.990. The molecule has 2 rings (SSSR count). The van der Waals surface area contributed by atoms with Crippen molar-refractivity contribution in [3.8, 4) is 0 Å². The van der Waals surface area contributed by atoms with E-state index in [1.807, 2.05) is 0 Å². The molecular weight excluding hydrogens is 220 g/mol. The number of aliphatic hydroxyl groups is 1. The van der Waals surface area contributed by atoms with Gasteiger partial charge in [-0.25, -0.2) is 13.1 Å². The van der Waals surface area contributed by atoms with Crippen LogP contribution < -0.4 is 5.73 Å². The molecule has 1 aromatic heterocycles. The molecule has 1 aliphatic heterocycles. The van der Waals surface area contributed by atoms with E-state index in [0.29, 0.717) is 5.69 Å². The predicted octanol–water partition coefficient (Wildman–Crippen LogP) is -1.93. The first kappa shape index (κ1) is 10.5. The zero-order chi connectivity index (χ0) is 11.1. The molecule has 2 atom stereocenters. The van der Waals surface area contributed by atoms with Gasteiger partial charge in [-0.15, -0.1) is 5.10 Å². The minimum absolute atomic E-state index is 0.0957. The van der Waals surface area contributed by atoms with Gasteiger partial charge < -0.3 is 10.8 Å². The van der Waals surface area contributed by atoms with Crippen LogP contribution in [-0.2, 0) is 16.4 Å². The van der Waals surface area contributed by atoms with Crippen molar-refractivity contribution < 1.29 is 13.5 Å². The molecule has 1 fully saturated rings. The van der Waals surface area contributed by atoms with Gasteiger partial charge >= 0.3 is 0 Å². The molecule has 0 spiro atoms. The molecule has 8 heteroatoms. The van der Waals surface area contributed by atoms with Gasteiger partial charge in [0.25, 0.3) is 0 Å². The van der Waals surface area contributed by atoms with Crippen LogP contribution in [0.25, 0.3) is 0 Å². The third-order valence-electron chi connectivity index (χ3n) is 2.40. The Morgan fingerprint density at radius 3 is 2.80 bits per heavy atom. The Balaban J connectivity index is 2.25. The van der Waals surface area contributed by atoms with Crippen molar-refractivity contribution in [1.29, 1.82) is 0 Å². The fourth-order valence-electron chi connectivity index (χ4n) is 1.63. The normalized spacial score (nSPS) is 29.5. The van der Waals surface area contributed by atoms with Gasteiger partial charge in [-0.1, -0.05) is 5.21 Å². The summed E-state index contributed by atoms with van der Waals surface area (Å²) in [7, 11) is -3.16. The number of nitrogens with zero attached hydrogens (tertiary/aromatic N) is 3. The number of nitrogens with two attached hydrogens (primary N) is 1. The Morgan fingerprint density at radius 2 is 2.33 bits per heavy atom. The van der Waals surface area contributed by atoms with Crippen LogP contribution in [0.15, 0.2) is 6.20 Å². The molecule has 15 heavy (non-hydrogen) atoms. The van der Waals surface area contributed by atoms with Gasteiger partial charge in [-0.2, -0.15) is 0 Å². The molecule has 7 nitrogen and oxygen atoms in total. The smallest absolute Gasteiger partial charge is 0.155 e. The van der Waals surface area contributed by atoms with Crippen molar-refractivity contribution in [1.82, 2.24) is 15.0 Å². The minimum Gasteiger partial charge on any atom is -0.390 e. The summed E-state index contributed by atoms with van der Waals surface area (Å²) in [6.07, 6.45) is 0.650. The van der Waals surface area contributed by atoms with Crippen molar-refractivity contribution in [3.63, 3.8) is 0 Å². The van der Waals surface area contributed by atoms with Gasteiger partial charge in [0.1, 0.15) is 0 Å². The molecule has 1 saturated heterocycles. The molecule has 0 amide bonds. The van der Waals surface area contributed by atoms with Crippen LogP contribution in [-0.4, -0.2) is 46.1 Å². The molecular formula is C7H12N4O3S. The second kappa shape index (κ2) is 3.54. The average Bonchev–Trinajstić information content (AvgIpc) is 2.69. The van der Waals surface area contributed by atoms with Crippen LogP contribution in [0.3, 0.4) is 0 Å². The molecule has 1 aromatic rings. The first-order valence-electron chi connectivity index (χ1n) is 4.51. The van der Waals surface area contributed by atoms with Gasteiger partial charge in [0.2, 0.25) is 0 Å². The fraction of sp³-hybridized carbons (Fsp3) is 0.714. The van der Waals surface area contributed by atoms with Gasteiger partial charge in [0.15, 0.2) is 9.84 Å². The first-order valence-corrected chi connectivity index (χ1v) is 6.33. The number of aliphatic hydroxyl groups excluding tert-OH is 1. The number of hydrogen-bond acceptors (Lipinski definition) is 6. The van der Waals surface area contributed by atoms with Crippen molar-refractivity contribution in [2.24, 2.45) is 5.73 Å². The minimum atomic E-state index is -3.16. The second-order valence-corrected chi connectivity index (χ2v) is 5.76. The Kier molecular flexibility index (Phi) is 2.49. The van der Waals surface area contributed by atoms with E-state index in [1.165, 1.54) is 4.68 Å². The third-order valence-corrected chi connectivity index (χ3v) is 4.10. The van der Waals surface area contributed by atoms with E-state index < -0.39 is 22.0 Å². The van der Waals surface area contributed by atoms with E-state index in [1.54, 1.807) is 6.20 Å². The predicted molar refractivity (Wildman–Crippen MR) is 51.6 cm³/mol. The fourth-order valence-corrected chi connectivity index (χ4v) is 3.41. The summed E-state index contributed by atoms with van der Waals surface area (Å²) in [5, 5.41) is 17.1. The second-order valence-electron chi connectivity index (χ2n) is 3.61. The molecule has 0 aliphatic carbocycles. The maximum atomic E-state index is 11.3. The molecule has 0 bridgehead atoms. The Morgan fingerprint density at radius 1 is 1.60 bits per heavy atom. The summed E-state index contributed by atoms with van der Waals surface area (Å²) in [4.78, 5) is 0. The summed E-state index contributed by atoms with van der Waals surface area (Å²) in [5.41, 5.74) is 5.93. The number of rotatable bonds is 2. The van der Waals surface area contributed by atoms with E-state index in [-0.39, 0.29) is 18.1 Å². The lowest BCUT2D eigenvalue weighted by Gasteiger charge is -2.11. The van der Waals surface area contributed by atoms with Crippen LogP contribution in [0.4, 0.5) is 0 Å². The molecule has 0 radical (unpaired) electrons. The molecule has 3 N–H and O–H groups in total. The summed E-state index contributed by atoms with van der Waals surface area (Å²) in [5.74, 6) is -0.309. The van der Waals surface area contributed by atoms with Crippen LogP contribution in [0.2, 0.25) is 0 Å². The van der Waals surface area contributed by atoms with Crippen LogP contribution in [0, 0.1) is 0 Å². The zero-order valence-electron chi connectivity index (χ0n) is 7.94. The number of sulfone groups is 1. The average molecular weight is 232 g/mol. The highest BCUT2D eigenvalue weighted by atomic mass is 32.2. The molecule has 2 heterocycles. The van der Waals surface area contributed by atoms with Gasteiger partial charge in [0, 0.05) is 6.54 Å². The zero-order valence-corrected chi connectivity index (χ0v) is 8.76. The molecule has 2 unspecified atom stereocenters. The topological polar surface area (TPSA) is 111 Å². The van der Waals surface area contributed by atoms with Crippen molar-refractivity contribution in [2.75, 3.05) is 11.5 Å². The van der Waals surface area contributed by atoms with E-state index in [9.17, 15) is 13.5 Å². The molecule has 0 aromatic carbocycles. The highest BCUT2D eigenvalue weighted by Gasteiger charge is 2.38.